The minimum Gasteiger partial charge on any atom is -0.475 e. The Morgan fingerprint density at radius 2 is 1.73 bits per heavy atom. The van der Waals surface area contributed by atoms with Gasteiger partial charge in [0.1, 0.15) is 6.61 Å². The molecule has 1 amide bonds. The largest absolute Gasteiger partial charge is 0.475 e. The zero-order chi connectivity index (χ0) is 18.2. The van der Waals surface area contributed by atoms with Crippen molar-refractivity contribution >= 4 is 5.91 Å². The minimum atomic E-state index is -0.0250. The first-order chi connectivity index (χ1) is 12.7. The standard InChI is InChI=1S/C21H21N3O2/c1-16-7-9-17(10-8-16)15-20(25)22-13-14-26-21-12-11-19(23-24-21)18-5-3-2-4-6-18/h2-12H,13-15H2,1H3,(H,22,25). The monoisotopic (exact) mass is 347 g/mol. The number of nitrogens with zero attached hydrogens (tertiary/aromatic N) is 2. The maximum absolute atomic E-state index is 11.9. The maximum Gasteiger partial charge on any atom is 0.233 e. The van der Waals surface area contributed by atoms with Gasteiger partial charge in [0.05, 0.1) is 18.7 Å². The quantitative estimate of drug-likeness (QED) is 0.667. The number of rotatable bonds is 7. The number of hydrogen-bond acceptors (Lipinski definition) is 4. The summed E-state index contributed by atoms with van der Waals surface area (Å²) in [7, 11) is 0. The second-order valence-corrected chi connectivity index (χ2v) is 5.98. The van der Waals surface area contributed by atoms with Gasteiger partial charge >= 0.3 is 0 Å². The first kappa shape index (κ1) is 17.6. The van der Waals surface area contributed by atoms with Crippen LogP contribution in [0.2, 0.25) is 0 Å². The number of ether oxygens (including phenoxy) is 1. The van der Waals surface area contributed by atoms with Crippen LogP contribution in [0.5, 0.6) is 5.88 Å². The normalized spacial score (nSPS) is 10.3. The summed E-state index contributed by atoms with van der Waals surface area (Å²) in [6.45, 7) is 2.79. The molecule has 2 aromatic carbocycles. The Kier molecular flexibility index (Phi) is 5.93. The van der Waals surface area contributed by atoms with Gasteiger partial charge in [-0.15, -0.1) is 10.2 Å². The molecule has 1 aromatic heterocycles. The van der Waals surface area contributed by atoms with Gasteiger partial charge in [0.25, 0.3) is 0 Å². The van der Waals surface area contributed by atoms with Gasteiger partial charge in [-0.05, 0) is 18.6 Å². The lowest BCUT2D eigenvalue weighted by molar-refractivity contribution is -0.120. The summed E-state index contributed by atoms with van der Waals surface area (Å²) in [6.07, 6.45) is 0.367. The van der Waals surface area contributed by atoms with Crippen LogP contribution < -0.4 is 10.1 Å². The molecule has 0 spiro atoms. The van der Waals surface area contributed by atoms with Crippen LogP contribution in [0.3, 0.4) is 0 Å². The summed E-state index contributed by atoms with van der Waals surface area (Å²) in [5.74, 6) is 0.417. The SMILES string of the molecule is Cc1ccc(CC(=O)NCCOc2ccc(-c3ccccc3)nn2)cc1. The number of nitrogens with one attached hydrogen (secondary N) is 1. The van der Waals surface area contributed by atoms with Gasteiger partial charge in [0, 0.05) is 11.6 Å². The van der Waals surface area contributed by atoms with E-state index in [1.165, 1.54) is 5.56 Å². The van der Waals surface area contributed by atoms with Crippen molar-refractivity contribution in [1.29, 1.82) is 0 Å². The van der Waals surface area contributed by atoms with Gasteiger partial charge in [-0.2, -0.15) is 0 Å². The molecule has 132 valence electrons. The van der Waals surface area contributed by atoms with Crippen LogP contribution in [0.4, 0.5) is 0 Å². The van der Waals surface area contributed by atoms with Gasteiger partial charge in [0.2, 0.25) is 11.8 Å². The zero-order valence-electron chi connectivity index (χ0n) is 14.7. The van der Waals surface area contributed by atoms with Crippen LogP contribution in [0, 0.1) is 6.92 Å². The highest BCUT2D eigenvalue weighted by Crippen LogP contribution is 2.16. The summed E-state index contributed by atoms with van der Waals surface area (Å²) >= 11 is 0. The van der Waals surface area contributed by atoms with E-state index >= 15 is 0 Å². The third kappa shape index (κ3) is 5.14. The summed E-state index contributed by atoms with van der Waals surface area (Å²) < 4.78 is 5.52. The van der Waals surface area contributed by atoms with Gasteiger partial charge < -0.3 is 10.1 Å². The van der Waals surface area contributed by atoms with Crippen molar-refractivity contribution in [2.75, 3.05) is 13.2 Å². The van der Waals surface area contributed by atoms with Crippen LogP contribution in [-0.2, 0) is 11.2 Å². The Morgan fingerprint density at radius 1 is 0.962 bits per heavy atom. The molecule has 3 rings (SSSR count). The Hall–Kier alpha value is -3.21. The summed E-state index contributed by atoms with van der Waals surface area (Å²) in [6, 6.07) is 21.4. The van der Waals surface area contributed by atoms with Gasteiger partial charge in [0.15, 0.2) is 0 Å². The lowest BCUT2D eigenvalue weighted by atomic mass is 10.1. The van der Waals surface area contributed by atoms with Crippen molar-refractivity contribution in [2.45, 2.75) is 13.3 Å². The van der Waals surface area contributed by atoms with Crippen LogP contribution in [0.15, 0.2) is 66.7 Å². The molecule has 0 bridgehead atoms. The number of amides is 1. The van der Waals surface area contributed by atoms with E-state index in [1.54, 1.807) is 6.07 Å². The maximum atomic E-state index is 11.9. The predicted octanol–water partition coefficient (Wildman–Crippen LogP) is 3.19. The molecule has 0 saturated carbocycles. The third-order valence-electron chi connectivity index (χ3n) is 3.87. The van der Waals surface area contributed by atoms with Gasteiger partial charge in [-0.1, -0.05) is 60.2 Å². The molecule has 0 aliphatic carbocycles. The topological polar surface area (TPSA) is 64.1 Å². The van der Waals surface area contributed by atoms with Crippen LogP contribution in [0.1, 0.15) is 11.1 Å². The number of carbonyl (C=O) groups excluding carboxylic acids is 1. The lowest BCUT2D eigenvalue weighted by Crippen LogP contribution is -2.29. The lowest BCUT2D eigenvalue weighted by Gasteiger charge is -2.07. The minimum absolute atomic E-state index is 0.0250. The second kappa shape index (κ2) is 8.76. The summed E-state index contributed by atoms with van der Waals surface area (Å²) in [5.41, 5.74) is 3.98. The van der Waals surface area contributed by atoms with E-state index in [0.29, 0.717) is 25.5 Å². The van der Waals surface area contributed by atoms with E-state index in [9.17, 15) is 4.79 Å². The fraction of sp³-hybridized carbons (Fsp3) is 0.190. The fourth-order valence-electron chi connectivity index (χ4n) is 2.46. The Labute approximate surface area is 153 Å². The number of benzene rings is 2. The Balaban J connectivity index is 1.40. The van der Waals surface area contributed by atoms with E-state index in [-0.39, 0.29) is 5.91 Å². The molecule has 0 radical (unpaired) electrons. The van der Waals surface area contributed by atoms with E-state index < -0.39 is 0 Å². The van der Waals surface area contributed by atoms with Crippen LogP contribution in [0.25, 0.3) is 11.3 Å². The molecular formula is C21H21N3O2. The van der Waals surface area contributed by atoms with Crippen molar-refractivity contribution < 1.29 is 9.53 Å². The van der Waals surface area contributed by atoms with Crippen molar-refractivity contribution in [1.82, 2.24) is 15.5 Å². The number of carbonyl (C=O) groups is 1. The van der Waals surface area contributed by atoms with Crippen LogP contribution in [-0.4, -0.2) is 29.3 Å². The summed E-state index contributed by atoms with van der Waals surface area (Å²) in [4.78, 5) is 11.9. The molecule has 1 N–H and O–H groups in total. The number of aromatic nitrogens is 2. The first-order valence-corrected chi connectivity index (χ1v) is 8.55. The van der Waals surface area contributed by atoms with Crippen LogP contribution >= 0.6 is 0 Å². The molecule has 0 aliphatic rings. The molecule has 0 saturated heterocycles. The molecule has 0 aliphatic heterocycles. The third-order valence-corrected chi connectivity index (χ3v) is 3.87. The van der Waals surface area contributed by atoms with E-state index in [1.807, 2.05) is 67.6 Å². The highest BCUT2D eigenvalue weighted by molar-refractivity contribution is 5.78. The molecule has 5 nitrogen and oxygen atoms in total. The predicted molar refractivity (Wildman–Crippen MR) is 101 cm³/mol. The van der Waals surface area contributed by atoms with E-state index in [4.69, 9.17) is 4.74 Å². The summed E-state index contributed by atoms with van der Waals surface area (Å²) in [5, 5.41) is 11.1. The molecule has 0 unspecified atom stereocenters. The van der Waals surface area contributed by atoms with E-state index in [0.717, 1.165) is 16.8 Å². The van der Waals surface area contributed by atoms with Crippen molar-refractivity contribution in [2.24, 2.45) is 0 Å². The fourth-order valence-corrected chi connectivity index (χ4v) is 2.46. The Bertz CT molecular complexity index is 831. The number of aryl methyl sites for hydroxylation is 1. The zero-order valence-corrected chi connectivity index (χ0v) is 14.7. The van der Waals surface area contributed by atoms with E-state index in [2.05, 4.69) is 15.5 Å². The highest BCUT2D eigenvalue weighted by atomic mass is 16.5. The smallest absolute Gasteiger partial charge is 0.233 e. The molecule has 3 aromatic rings. The van der Waals surface area contributed by atoms with Crippen molar-refractivity contribution in [3.63, 3.8) is 0 Å². The van der Waals surface area contributed by atoms with Crippen molar-refractivity contribution in [3.8, 4) is 17.1 Å². The van der Waals surface area contributed by atoms with Gasteiger partial charge in [-0.3, -0.25) is 4.79 Å². The molecule has 0 atom stereocenters. The Morgan fingerprint density at radius 3 is 2.42 bits per heavy atom. The second-order valence-electron chi connectivity index (χ2n) is 5.98. The molecule has 5 heteroatoms. The molecule has 0 fully saturated rings. The number of hydrogen-bond donors (Lipinski definition) is 1. The molecular weight excluding hydrogens is 326 g/mol. The average Bonchev–Trinajstić information content (AvgIpc) is 2.68. The van der Waals surface area contributed by atoms with Gasteiger partial charge in [-0.25, -0.2) is 0 Å². The van der Waals surface area contributed by atoms with Crippen molar-refractivity contribution in [3.05, 3.63) is 77.9 Å². The molecule has 26 heavy (non-hydrogen) atoms. The highest BCUT2D eigenvalue weighted by Gasteiger charge is 2.04. The molecule has 1 heterocycles. The average molecular weight is 347 g/mol. The first-order valence-electron chi connectivity index (χ1n) is 8.55.